The Labute approximate surface area is 177 Å². The Morgan fingerprint density at radius 1 is 0.867 bits per heavy atom. The number of rotatable bonds is 4. The lowest BCUT2D eigenvalue weighted by Gasteiger charge is -2.36. The van der Waals surface area contributed by atoms with Crippen LogP contribution in [-0.4, -0.2) is 71.7 Å². The quantitative estimate of drug-likeness (QED) is 0.784. The molecule has 2 heterocycles. The van der Waals surface area contributed by atoms with Crippen LogP contribution in [0, 0.1) is 0 Å². The van der Waals surface area contributed by atoms with E-state index >= 15 is 0 Å². The fourth-order valence-corrected chi connectivity index (χ4v) is 4.11. The van der Waals surface area contributed by atoms with Crippen LogP contribution in [0.5, 0.6) is 0 Å². The molecule has 3 amide bonds. The van der Waals surface area contributed by atoms with Crippen LogP contribution >= 0.6 is 0 Å². The molecule has 156 valence electrons. The zero-order chi connectivity index (χ0) is 21.1. The molecule has 6 nitrogen and oxygen atoms in total. The molecule has 0 radical (unpaired) electrons. The Bertz CT molecular complexity index is 946. The molecule has 0 spiro atoms. The molecule has 0 atom stereocenters. The molecular formula is C24H27N3O3. The lowest BCUT2D eigenvalue weighted by molar-refractivity contribution is -0.133. The molecule has 6 heteroatoms. The van der Waals surface area contributed by atoms with E-state index in [2.05, 4.69) is 6.92 Å². The van der Waals surface area contributed by atoms with Gasteiger partial charge >= 0.3 is 0 Å². The van der Waals surface area contributed by atoms with Gasteiger partial charge in [0.1, 0.15) is 6.54 Å². The van der Waals surface area contributed by atoms with Gasteiger partial charge in [0, 0.05) is 43.9 Å². The second-order valence-electron chi connectivity index (χ2n) is 7.86. The normalized spacial score (nSPS) is 16.4. The first-order valence-corrected chi connectivity index (χ1v) is 10.6. The summed E-state index contributed by atoms with van der Waals surface area (Å²) >= 11 is 0. The summed E-state index contributed by atoms with van der Waals surface area (Å²) < 4.78 is 0. The Balaban J connectivity index is 1.31. The molecule has 0 bridgehead atoms. The van der Waals surface area contributed by atoms with Crippen molar-refractivity contribution in [3.63, 3.8) is 0 Å². The molecule has 0 unspecified atom stereocenters. The first kappa shape index (κ1) is 20.1. The Kier molecular flexibility index (Phi) is 5.84. The van der Waals surface area contributed by atoms with E-state index in [0.29, 0.717) is 43.9 Å². The maximum absolute atomic E-state index is 12.8. The summed E-state index contributed by atoms with van der Waals surface area (Å²) in [5.41, 5.74) is 3.63. The predicted molar refractivity (Wildman–Crippen MR) is 114 cm³/mol. The van der Waals surface area contributed by atoms with Crippen molar-refractivity contribution < 1.29 is 14.4 Å². The number of benzene rings is 2. The number of hydrogen-bond donors (Lipinski definition) is 0. The van der Waals surface area contributed by atoms with Gasteiger partial charge in [-0.2, -0.15) is 0 Å². The van der Waals surface area contributed by atoms with Crippen molar-refractivity contribution in [2.45, 2.75) is 19.8 Å². The number of piperazine rings is 1. The summed E-state index contributed by atoms with van der Waals surface area (Å²) in [6.07, 6.45) is 1.72. The average molecular weight is 405 g/mol. The van der Waals surface area contributed by atoms with Crippen LogP contribution < -0.4 is 0 Å². The van der Waals surface area contributed by atoms with Gasteiger partial charge in [-0.3, -0.25) is 14.4 Å². The molecule has 1 fully saturated rings. The molecule has 0 aromatic heterocycles. The molecule has 0 saturated carbocycles. The van der Waals surface area contributed by atoms with Gasteiger partial charge in [-0.05, 0) is 42.2 Å². The van der Waals surface area contributed by atoms with Gasteiger partial charge in [-0.25, -0.2) is 0 Å². The van der Waals surface area contributed by atoms with E-state index in [-0.39, 0.29) is 24.3 Å². The van der Waals surface area contributed by atoms with Crippen molar-refractivity contribution >= 4 is 17.7 Å². The van der Waals surface area contributed by atoms with Gasteiger partial charge < -0.3 is 14.7 Å². The first-order chi connectivity index (χ1) is 14.6. The van der Waals surface area contributed by atoms with E-state index in [4.69, 9.17) is 0 Å². The van der Waals surface area contributed by atoms with Crippen molar-refractivity contribution in [2.75, 3.05) is 39.3 Å². The van der Waals surface area contributed by atoms with Gasteiger partial charge in [0.15, 0.2) is 0 Å². The molecule has 4 rings (SSSR count). The summed E-state index contributed by atoms with van der Waals surface area (Å²) in [5.74, 6) is -0.121. The Morgan fingerprint density at radius 3 is 2.23 bits per heavy atom. The van der Waals surface area contributed by atoms with Crippen LogP contribution in [0.15, 0.2) is 48.5 Å². The van der Waals surface area contributed by atoms with E-state index in [9.17, 15) is 14.4 Å². The smallest absolute Gasteiger partial charge is 0.254 e. The monoisotopic (exact) mass is 405 g/mol. The van der Waals surface area contributed by atoms with Crippen LogP contribution in [0.4, 0.5) is 0 Å². The van der Waals surface area contributed by atoms with E-state index in [1.807, 2.05) is 48.5 Å². The Morgan fingerprint density at radius 2 is 1.53 bits per heavy atom. The number of fused-ring (bicyclic) bond motifs is 1. The molecule has 2 aromatic rings. The van der Waals surface area contributed by atoms with Gasteiger partial charge in [0.2, 0.25) is 5.91 Å². The molecule has 0 aliphatic carbocycles. The van der Waals surface area contributed by atoms with E-state index in [1.165, 1.54) is 5.56 Å². The second kappa shape index (κ2) is 8.69. The zero-order valence-electron chi connectivity index (χ0n) is 17.3. The SMILES string of the molecule is CCc1ccc(C(=O)N2CCN(C(=O)CN3CCc4ccccc4C3=O)CC2)cc1. The fraction of sp³-hybridized carbons (Fsp3) is 0.375. The van der Waals surface area contributed by atoms with Crippen molar-refractivity contribution in [3.05, 3.63) is 70.8 Å². The highest BCUT2D eigenvalue weighted by Gasteiger charge is 2.29. The van der Waals surface area contributed by atoms with Crippen molar-refractivity contribution in [2.24, 2.45) is 0 Å². The topological polar surface area (TPSA) is 60.9 Å². The lowest BCUT2D eigenvalue weighted by Crippen LogP contribution is -2.53. The molecule has 0 N–H and O–H groups in total. The number of carbonyl (C=O) groups is 3. The van der Waals surface area contributed by atoms with Crippen LogP contribution in [0.2, 0.25) is 0 Å². The highest BCUT2D eigenvalue weighted by Crippen LogP contribution is 2.19. The van der Waals surface area contributed by atoms with E-state index in [0.717, 1.165) is 18.4 Å². The minimum absolute atomic E-state index is 0.00701. The average Bonchev–Trinajstić information content (AvgIpc) is 2.80. The van der Waals surface area contributed by atoms with Crippen LogP contribution in [-0.2, 0) is 17.6 Å². The highest BCUT2D eigenvalue weighted by molar-refractivity contribution is 5.99. The third kappa shape index (κ3) is 4.08. The predicted octanol–water partition coefficient (Wildman–Crippen LogP) is 2.23. The molecule has 2 aliphatic heterocycles. The van der Waals surface area contributed by atoms with Crippen LogP contribution in [0.25, 0.3) is 0 Å². The summed E-state index contributed by atoms with van der Waals surface area (Å²) in [5, 5.41) is 0. The van der Waals surface area contributed by atoms with Gasteiger partial charge in [0.05, 0.1) is 0 Å². The summed E-state index contributed by atoms with van der Waals surface area (Å²) in [4.78, 5) is 43.4. The molecule has 2 aliphatic rings. The van der Waals surface area contributed by atoms with E-state index < -0.39 is 0 Å². The summed E-state index contributed by atoms with van der Waals surface area (Å²) in [7, 11) is 0. The first-order valence-electron chi connectivity index (χ1n) is 10.6. The number of aryl methyl sites for hydroxylation is 1. The van der Waals surface area contributed by atoms with Gasteiger partial charge in [-0.1, -0.05) is 37.3 Å². The van der Waals surface area contributed by atoms with Gasteiger partial charge in [-0.15, -0.1) is 0 Å². The number of amides is 3. The molecule has 2 aromatic carbocycles. The van der Waals surface area contributed by atoms with Crippen LogP contribution in [0.1, 0.15) is 38.8 Å². The number of hydrogen-bond acceptors (Lipinski definition) is 3. The maximum atomic E-state index is 12.8. The lowest BCUT2D eigenvalue weighted by atomic mass is 9.99. The van der Waals surface area contributed by atoms with Crippen molar-refractivity contribution in [3.8, 4) is 0 Å². The zero-order valence-corrected chi connectivity index (χ0v) is 17.3. The number of carbonyl (C=O) groups excluding carboxylic acids is 3. The van der Waals surface area contributed by atoms with Crippen molar-refractivity contribution in [1.82, 2.24) is 14.7 Å². The maximum Gasteiger partial charge on any atom is 0.254 e. The standard InChI is InChI=1S/C24H27N3O3/c1-2-18-7-9-20(10-8-18)23(29)26-15-13-25(14-16-26)22(28)17-27-12-11-19-5-3-4-6-21(19)24(27)30/h3-10H,2,11-17H2,1H3. The van der Waals surface area contributed by atoms with E-state index in [1.54, 1.807) is 14.7 Å². The third-order valence-corrected chi connectivity index (χ3v) is 6.04. The summed E-state index contributed by atoms with van der Waals surface area (Å²) in [6.45, 7) is 4.76. The third-order valence-electron chi connectivity index (χ3n) is 6.04. The van der Waals surface area contributed by atoms with Crippen LogP contribution in [0.3, 0.4) is 0 Å². The van der Waals surface area contributed by atoms with Crippen molar-refractivity contribution in [1.29, 1.82) is 0 Å². The summed E-state index contributed by atoms with van der Waals surface area (Å²) in [6, 6.07) is 15.3. The fourth-order valence-electron chi connectivity index (χ4n) is 4.11. The largest absolute Gasteiger partial charge is 0.338 e. The second-order valence-corrected chi connectivity index (χ2v) is 7.86. The molecular weight excluding hydrogens is 378 g/mol. The molecule has 30 heavy (non-hydrogen) atoms. The highest BCUT2D eigenvalue weighted by atomic mass is 16.2. The number of nitrogens with zero attached hydrogens (tertiary/aromatic N) is 3. The minimum atomic E-state index is -0.0745. The molecule has 1 saturated heterocycles. The van der Waals surface area contributed by atoms with Gasteiger partial charge in [0.25, 0.3) is 11.8 Å². The Hall–Kier alpha value is -3.15. The minimum Gasteiger partial charge on any atom is -0.338 e.